The molecule has 1 amide bonds. The Labute approximate surface area is 189 Å². The Hall–Kier alpha value is -1.12. The monoisotopic (exact) mass is 500 g/mol. The van der Waals surface area contributed by atoms with Gasteiger partial charge in [-0.3, -0.25) is 4.90 Å². The minimum Gasteiger partial charge on any atom is -0.591 e. The first-order chi connectivity index (χ1) is 13.7. The summed E-state index contributed by atoms with van der Waals surface area (Å²) >= 11 is 1.77. The zero-order valence-corrected chi connectivity index (χ0v) is 20.8. The standard InChI is InChI=1S/C22H30BrFN2O3S/c1-20(2,3)29-19(27)26-13-22(10-11-22)18(25-30(28)21(4,5)6)16(26)12-14-8-7-9-15(23)17(14)24/h7-9,16H,10-13H2,1-6H3/t16-,30?/m1/s1. The van der Waals surface area contributed by atoms with E-state index in [1.807, 2.05) is 41.5 Å². The summed E-state index contributed by atoms with van der Waals surface area (Å²) in [6.45, 7) is 11.5. The SMILES string of the molecule is CC(C)(C)OC(=O)N1CC2(CC2)C(=N[S+]([O-])C(C)(C)C)[C@H]1Cc1cccc(Br)c1F. The van der Waals surface area contributed by atoms with Gasteiger partial charge in [-0.25, -0.2) is 9.18 Å². The highest BCUT2D eigenvalue weighted by molar-refractivity contribution is 9.10. The van der Waals surface area contributed by atoms with Gasteiger partial charge in [0.05, 0.1) is 16.2 Å². The summed E-state index contributed by atoms with van der Waals surface area (Å²) in [5.41, 5.74) is 0.300. The molecule has 2 fully saturated rings. The molecule has 1 spiro atoms. The zero-order chi connectivity index (χ0) is 22.5. The number of amides is 1. The van der Waals surface area contributed by atoms with Gasteiger partial charge >= 0.3 is 6.09 Å². The number of likely N-dealkylation sites (tertiary alicyclic amines) is 1. The highest BCUT2D eigenvalue weighted by Gasteiger charge is 2.60. The number of nitrogens with zero attached hydrogens (tertiary/aromatic N) is 2. The molecule has 1 aromatic carbocycles. The van der Waals surface area contributed by atoms with Crippen molar-refractivity contribution in [2.45, 2.75) is 77.2 Å². The molecule has 1 saturated carbocycles. The third-order valence-electron chi connectivity index (χ3n) is 5.34. The lowest BCUT2D eigenvalue weighted by Gasteiger charge is -2.28. The largest absolute Gasteiger partial charge is 0.591 e. The van der Waals surface area contributed by atoms with Gasteiger partial charge in [0.2, 0.25) is 0 Å². The third kappa shape index (κ3) is 5.02. The summed E-state index contributed by atoms with van der Waals surface area (Å²) < 4.78 is 37.7. The van der Waals surface area contributed by atoms with E-state index in [2.05, 4.69) is 20.3 Å². The van der Waals surface area contributed by atoms with Crippen LogP contribution in [0.25, 0.3) is 0 Å². The molecule has 1 unspecified atom stereocenters. The van der Waals surface area contributed by atoms with Crippen LogP contribution in [0.4, 0.5) is 9.18 Å². The van der Waals surface area contributed by atoms with Crippen molar-refractivity contribution in [1.29, 1.82) is 0 Å². The highest BCUT2D eigenvalue weighted by atomic mass is 79.9. The lowest BCUT2D eigenvalue weighted by molar-refractivity contribution is 0.0232. The molecule has 1 saturated heterocycles. The van der Waals surface area contributed by atoms with E-state index in [-0.39, 0.29) is 17.7 Å². The van der Waals surface area contributed by atoms with E-state index < -0.39 is 33.8 Å². The molecule has 0 radical (unpaired) electrons. The van der Waals surface area contributed by atoms with E-state index in [1.54, 1.807) is 23.1 Å². The second-order valence-electron chi connectivity index (χ2n) is 10.2. The highest BCUT2D eigenvalue weighted by Crippen LogP contribution is 2.54. The number of rotatable bonds is 3. The molecule has 1 aromatic rings. The first-order valence-corrected chi connectivity index (χ1v) is 12.1. The predicted octanol–water partition coefficient (Wildman–Crippen LogP) is 5.43. The van der Waals surface area contributed by atoms with Crippen LogP contribution in [0.2, 0.25) is 0 Å². The van der Waals surface area contributed by atoms with Gasteiger partial charge in [-0.15, -0.1) is 0 Å². The second-order valence-corrected chi connectivity index (χ2v) is 12.9. The summed E-state index contributed by atoms with van der Waals surface area (Å²) in [5, 5.41) is 0. The van der Waals surface area contributed by atoms with Crippen LogP contribution in [-0.4, -0.2) is 44.2 Å². The molecule has 3 rings (SSSR count). The fourth-order valence-corrected chi connectivity index (χ4v) is 4.78. The molecule has 166 valence electrons. The quantitative estimate of drug-likeness (QED) is 0.519. The van der Waals surface area contributed by atoms with Crippen molar-refractivity contribution >= 4 is 39.1 Å². The normalized spacial score (nSPS) is 23.2. The van der Waals surface area contributed by atoms with Crippen molar-refractivity contribution < 1.29 is 18.5 Å². The Balaban J connectivity index is 2.02. The van der Waals surface area contributed by atoms with Gasteiger partial charge in [-0.05, 0) is 81.9 Å². The van der Waals surface area contributed by atoms with E-state index in [0.29, 0.717) is 16.6 Å². The topological polar surface area (TPSA) is 65.0 Å². The van der Waals surface area contributed by atoms with Crippen LogP contribution in [0.3, 0.4) is 0 Å². The maximum absolute atomic E-state index is 14.8. The number of halogens is 2. The molecule has 30 heavy (non-hydrogen) atoms. The van der Waals surface area contributed by atoms with Gasteiger partial charge in [-0.1, -0.05) is 16.5 Å². The maximum Gasteiger partial charge on any atom is 0.410 e. The molecule has 1 aliphatic heterocycles. The molecule has 0 bridgehead atoms. The number of carbonyl (C=O) groups excluding carboxylic acids is 1. The van der Waals surface area contributed by atoms with E-state index >= 15 is 0 Å². The summed E-state index contributed by atoms with van der Waals surface area (Å²) in [4.78, 5) is 14.7. The number of benzene rings is 1. The van der Waals surface area contributed by atoms with E-state index in [0.717, 1.165) is 18.6 Å². The molecule has 0 N–H and O–H groups in total. The van der Waals surface area contributed by atoms with Crippen LogP contribution in [0.1, 0.15) is 59.9 Å². The number of hydrogen-bond donors (Lipinski definition) is 0. The lowest BCUT2D eigenvalue weighted by atomic mass is 9.95. The maximum atomic E-state index is 14.8. The first-order valence-electron chi connectivity index (χ1n) is 10.2. The van der Waals surface area contributed by atoms with Crippen molar-refractivity contribution in [3.8, 4) is 0 Å². The summed E-state index contributed by atoms with van der Waals surface area (Å²) in [6, 6.07) is 4.64. The van der Waals surface area contributed by atoms with Crippen LogP contribution in [0, 0.1) is 11.2 Å². The molecule has 5 nitrogen and oxygen atoms in total. The Morgan fingerprint density at radius 3 is 2.50 bits per heavy atom. The fraction of sp³-hybridized carbons (Fsp3) is 0.636. The van der Waals surface area contributed by atoms with Gasteiger partial charge in [0.25, 0.3) is 0 Å². The van der Waals surface area contributed by atoms with Gasteiger partial charge in [0, 0.05) is 18.4 Å². The smallest absolute Gasteiger partial charge is 0.410 e. The Kier molecular flexibility index (Phi) is 6.35. The number of carbonyl (C=O) groups is 1. The summed E-state index contributed by atoms with van der Waals surface area (Å²) in [6.07, 6.45) is 1.57. The minimum atomic E-state index is -1.46. The van der Waals surface area contributed by atoms with Gasteiger partial charge in [-0.2, -0.15) is 0 Å². The van der Waals surface area contributed by atoms with Crippen LogP contribution in [0.5, 0.6) is 0 Å². The van der Waals surface area contributed by atoms with Crippen LogP contribution >= 0.6 is 15.9 Å². The van der Waals surface area contributed by atoms with Crippen LogP contribution in [-0.2, 0) is 22.5 Å². The van der Waals surface area contributed by atoms with Crippen molar-refractivity contribution in [2.24, 2.45) is 9.81 Å². The number of hydrogen-bond acceptors (Lipinski definition) is 4. The third-order valence-corrected chi connectivity index (χ3v) is 7.36. The second kappa shape index (κ2) is 8.10. The van der Waals surface area contributed by atoms with Gasteiger partial charge < -0.3 is 9.29 Å². The van der Waals surface area contributed by atoms with Crippen molar-refractivity contribution in [1.82, 2.24) is 4.90 Å². The summed E-state index contributed by atoms with van der Waals surface area (Å²) in [5.74, 6) is -0.352. The molecule has 2 atom stereocenters. The summed E-state index contributed by atoms with van der Waals surface area (Å²) in [7, 11) is 0. The Morgan fingerprint density at radius 1 is 1.33 bits per heavy atom. The molecule has 1 heterocycles. The van der Waals surface area contributed by atoms with E-state index in [1.165, 1.54) is 0 Å². The minimum absolute atomic E-state index is 0.256. The number of ether oxygens (including phenoxy) is 1. The van der Waals surface area contributed by atoms with Crippen LogP contribution < -0.4 is 0 Å². The fourth-order valence-electron chi connectivity index (χ4n) is 3.60. The molecule has 8 heteroatoms. The molecular formula is C22H30BrFN2O3S. The molecule has 0 aromatic heterocycles. The lowest BCUT2D eigenvalue weighted by Crippen LogP contribution is -2.43. The predicted molar refractivity (Wildman–Crippen MR) is 122 cm³/mol. The average Bonchev–Trinajstić information content (AvgIpc) is 3.31. The first kappa shape index (κ1) is 23.5. The Bertz CT molecular complexity index is 859. The molecule has 1 aliphatic carbocycles. The van der Waals surface area contributed by atoms with Crippen molar-refractivity contribution in [2.75, 3.05) is 6.54 Å². The Morgan fingerprint density at radius 2 is 1.97 bits per heavy atom. The van der Waals surface area contributed by atoms with Crippen molar-refractivity contribution in [3.05, 3.63) is 34.1 Å². The van der Waals surface area contributed by atoms with Crippen LogP contribution in [0.15, 0.2) is 27.1 Å². The van der Waals surface area contributed by atoms with Crippen molar-refractivity contribution in [3.63, 3.8) is 0 Å². The average molecular weight is 501 g/mol. The molecular weight excluding hydrogens is 471 g/mol. The van der Waals surface area contributed by atoms with Gasteiger partial charge in [0.1, 0.15) is 27.5 Å². The molecule has 2 aliphatic rings. The van der Waals surface area contributed by atoms with E-state index in [9.17, 15) is 13.7 Å². The van der Waals surface area contributed by atoms with Gasteiger partial charge in [0.15, 0.2) is 0 Å². The zero-order valence-electron chi connectivity index (χ0n) is 18.4. The van der Waals surface area contributed by atoms with E-state index in [4.69, 9.17) is 4.74 Å².